The fourth-order valence-electron chi connectivity index (χ4n) is 1.87. The maximum Gasteiger partial charge on any atom is 0.327 e. The first-order valence-corrected chi connectivity index (χ1v) is 10.6. The molecule has 8 heteroatoms. The molecular formula is C12H28O6P2. The molecule has 20 heavy (non-hydrogen) atoms. The van der Waals surface area contributed by atoms with Crippen molar-refractivity contribution in [1.82, 2.24) is 0 Å². The molecule has 0 amide bonds. The number of unbranched alkanes of at least 4 members (excludes halogenated alkanes) is 7. The first kappa shape index (κ1) is 20.3. The third-order valence-corrected chi connectivity index (χ3v) is 6.11. The first-order chi connectivity index (χ1) is 9.33. The topological polar surface area (TPSA) is 93.1 Å². The summed E-state index contributed by atoms with van der Waals surface area (Å²) in [6.45, 7) is 0. The van der Waals surface area contributed by atoms with Crippen molar-refractivity contribution in [2.24, 2.45) is 0 Å². The molecule has 0 bridgehead atoms. The van der Waals surface area contributed by atoms with Gasteiger partial charge in [-0.15, -0.1) is 0 Å². The quantitative estimate of drug-likeness (QED) is 0.394. The summed E-state index contributed by atoms with van der Waals surface area (Å²) in [7, 11) is -4.13. The molecule has 2 N–H and O–H groups in total. The van der Waals surface area contributed by atoms with Crippen LogP contribution in [0.5, 0.6) is 0 Å². The highest BCUT2D eigenvalue weighted by Gasteiger charge is 2.16. The van der Waals surface area contributed by atoms with Gasteiger partial charge in [0.1, 0.15) is 0 Å². The van der Waals surface area contributed by atoms with E-state index in [4.69, 9.17) is 0 Å². The van der Waals surface area contributed by atoms with Gasteiger partial charge in [0.05, 0.1) is 0 Å². The van der Waals surface area contributed by atoms with E-state index in [9.17, 15) is 18.9 Å². The van der Waals surface area contributed by atoms with Gasteiger partial charge in [-0.25, -0.2) is 0 Å². The molecule has 2 unspecified atom stereocenters. The summed E-state index contributed by atoms with van der Waals surface area (Å²) >= 11 is 0. The van der Waals surface area contributed by atoms with E-state index in [-0.39, 0.29) is 12.3 Å². The van der Waals surface area contributed by atoms with Crippen molar-refractivity contribution in [3.63, 3.8) is 0 Å². The molecular weight excluding hydrogens is 302 g/mol. The summed E-state index contributed by atoms with van der Waals surface area (Å²) in [6, 6.07) is 0. The lowest BCUT2D eigenvalue weighted by Gasteiger charge is -2.08. The van der Waals surface area contributed by atoms with Crippen LogP contribution in [0.3, 0.4) is 0 Å². The van der Waals surface area contributed by atoms with Gasteiger partial charge in [-0.2, -0.15) is 0 Å². The fourth-order valence-corrected chi connectivity index (χ4v) is 3.48. The Morgan fingerprint density at radius 1 is 0.650 bits per heavy atom. The van der Waals surface area contributed by atoms with Gasteiger partial charge in [0.15, 0.2) is 0 Å². The molecule has 0 aliphatic rings. The summed E-state index contributed by atoms with van der Waals surface area (Å²) in [4.78, 5) is 18.4. The lowest BCUT2D eigenvalue weighted by Crippen LogP contribution is -1.92. The molecule has 0 saturated carbocycles. The van der Waals surface area contributed by atoms with Crippen molar-refractivity contribution < 1.29 is 28.0 Å². The molecule has 0 aliphatic carbocycles. The van der Waals surface area contributed by atoms with Crippen LogP contribution < -0.4 is 0 Å². The van der Waals surface area contributed by atoms with E-state index in [0.717, 1.165) is 38.5 Å². The molecule has 0 aliphatic heterocycles. The van der Waals surface area contributed by atoms with Gasteiger partial charge >= 0.3 is 15.2 Å². The van der Waals surface area contributed by atoms with Crippen LogP contribution in [0.1, 0.15) is 51.4 Å². The van der Waals surface area contributed by atoms with E-state index < -0.39 is 15.2 Å². The number of hydrogen-bond donors (Lipinski definition) is 2. The Labute approximate surface area is 121 Å². The van der Waals surface area contributed by atoms with E-state index in [1.807, 2.05) is 0 Å². The average molecular weight is 330 g/mol. The second kappa shape index (κ2) is 10.9. The van der Waals surface area contributed by atoms with Crippen LogP contribution >= 0.6 is 15.2 Å². The van der Waals surface area contributed by atoms with Crippen molar-refractivity contribution in [2.45, 2.75) is 51.4 Å². The molecule has 0 radical (unpaired) electrons. The standard InChI is InChI=1S/C12H28O6P2/c1-17-19(13,14)11-9-7-5-3-4-6-8-10-12-20(15,16)18-2/h3-12H2,1-2H3,(H,13,14)(H,15,16). The zero-order valence-corrected chi connectivity index (χ0v) is 14.3. The highest BCUT2D eigenvalue weighted by atomic mass is 31.2. The molecule has 0 heterocycles. The van der Waals surface area contributed by atoms with Crippen LogP contribution in [0, 0.1) is 0 Å². The first-order valence-electron chi connectivity index (χ1n) is 7.08. The highest BCUT2D eigenvalue weighted by Crippen LogP contribution is 2.42. The predicted octanol–water partition coefficient (Wildman–Crippen LogP) is 3.77. The Kier molecular flexibility index (Phi) is 11.1. The Morgan fingerprint density at radius 2 is 0.900 bits per heavy atom. The lowest BCUT2D eigenvalue weighted by atomic mass is 10.1. The van der Waals surface area contributed by atoms with Gasteiger partial charge in [0, 0.05) is 26.5 Å². The number of hydrogen-bond acceptors (Lipinski definition) is 4. The van der Waals surface area contributed by atoms with E-state index in [0.29, 0.717) is 12.8 Å². The third kappa shape index (κ3) is 12.1. The smallest absolute Gasteiger partial charge is 0.324 e. The Balaban J connectivity index is 3.30. The maximum atomic E-state index is 11.2. The van der Waals surface area contributed by atoms with Crippen LogP contribution in [0.2, 0.25) is 0 Å². The molecule has 0 aromatic rings. The van der Waals surface area contributed by atoms with Crippen LogP contribution in [-0.4, -0.2) is 36.3 Å². The predicted molar refractivity (Wildman–Crippen MR) is 80.3 cm³/mol. The van der Waals surface area contributed by atoms with Crippen molar-refractivity contribution in [2.75, 3.05) is 26.5 Å². The zero-order valence-electron chi connectivity index (χ0n) is 12.5. The lowest BCUT2D eigenvalue weighted by molar-refractivity contribution is 0.312. The second-order valence-corrected chi connectivity index (χ2v) is 9.09. The minimum Gasteiger partial charge on any atom is -0.324 e. The minimum atomic E-state index is -3.32. The van der Waals surface area contributed by atoms with Gasteiger partial charge in [-0.1, -0.05) is 38.5 Å². The van der Waals surface area contributed by atoms with Crippen molar-refractivity contribution in [3.8, 4) is 0 Å². The van der Waals surface area contributed by atoms with E-state index in [2.05, 4.69) is 9.05 Å². The summed E-state index contributed by atoms with van der Waals surface area (Å²) in [6.07, 6.45) is 8.01. The monoisotopic (exact) mass is 330 g/mol. The zero-order chi connectivity index (χ0) is 15.5. The third-order valence-electron chi connectivity index (χ3n) is 3.20. The average Bonchev–Trinajstić information content (AvgIpc) is 2.41. The number of rotatable bonds is 13. The molecule has 122 valence electrons. The fraction of sp³-hybridized carbons (Fsp3) is 1.00. The molecule has 0 saturated heterocycles. The van der Waals surface area contributed by atoms with Gasteiger partial charge in [0.2, 0.25) is 0 Å². The molecule has 0 fully saturated rings. The molecule has 0 spiro atoms. The Morgan fingerprint density at radius 3 is 1.15 bits per heavy atom. The molecule has 0 rings (SSSR count). The minimum absolute atomic E-state index is 0.228. The summed E-state index contributed by atoms with van der Waals surface area (Å²) < 4.78 is 31.4. The second-order valence-electron chi connectivity index (χ2n) is 4.92. The van der Waals surface area contributed by atoms with E-state index >= 15 is 0 Å². The molecule has 2 atom stereocenters. The maximum absolute atomic E-state index is 11.2. The summed E-state index contributed by atoms with van der Waals surface area (Å²) in [5.41, 5.74) is 0. The van der Waals surface area contributed by atoms with Crippen LogP contribution in [0.15, 0.2) is 0 Å². The van der Waals surface area contributed by atoms with Crippen LogP contribution in [0.25, 0.3) is 0 Å². The molecule has 0 aromatic carbocycles. The molecule has 0 aromatic heterocycles. The van der Waals surface area contributed by atoms with Crippen molar-refractivity contribution >= 4 is 15.2 Å². The van der Waals surface area contributed by atoms with Gasteiger partial charge in [0.25, 0.3) is 0 Å². The van der Waals surface area contributed by atoms with Crippen LogP contribution in [-0.2, 0) is 18.2 Å². The van der Waals surface area contributed by atoms with E-state index in [1.165, 1.54) is 14.2 Å². The largest absolute Gasteiger partial charge is 0.327 e. The molecule has 6 nitrogen and oxygen atoms in total. The summed E-state index contributed by atoms with van der Waals surface area (Å²) in [5.74, 6) is 0. The SMILES string of the molecule is COP(=O)(O)CCCCCCCCCCP(=O)(O)OC. The normalized spacial score (nSPS) is 17.6. The Hall–Kier alpha value is 0.300. The van der Waals surface area contributed by atoms with Gasteiger partial charge < -0.3 is 18.8 Å². The van der Waals surface area contributed by atoms with Crippen LogP contribution in [0.4, 0.5) is 0 Å². The van der Waals surface area contributed by atoms with E-state index in [1.54, 1.807) is 0 Å². The Bertz CT molecular complexity index is 302. The van der Waals surface area contributed by atoms with Crippen molar-refractivity contribution in [3.05, 3.63) is 0 Å². The van der Waals surface area contributed by atoms with Crippen molar-refractivity contribution in [1.29, 1.82) is 0 Å². The highest BCUT2D eigenvalue weighted by molar-refractivity contribution is 7.53. The summed E-state index contributed by atoms with van der Waals surface area (Å²) in [5, 5.41) is 0. The van der Waals surface area contributed by atoms with Gasteiger partial charge in [-0.3, -0.25) is 9.13 Å². The van der Waals surface area contributed by atoms with Gasteiger partial charge in [-0.05, 0) is 12.8 Å².